The first-order valence-electron chi connectivity index (χ1n) is 4.55. The predicted octanol–water partition coefficient (Wildman–Crippen LogP) is 4.13. The lowest BCUT2D eigenvalue weighted by Crippen LogP contribution is -2.18. The number of anilines is 1. The quantitative estimate of drug-likeness (QED) is 0.871. The average Bonchev–Trinajstić information content (AvgIpc) is 2.64. The van der Waals surface area contributed by atoms with Crippen molar-refractivity contribution in [2.75, 3.05) is 16.8 Å². The molecule has 0 saturated carbocycles. The molecule has 1 heterocycles. The predicted molar refractivity (Wildman–Crippen MR) is 71.2 cm³/mol. The van der Waals surface area contributed by atoms with E-state index in [1.54, 1.807) is 0 Å². The summed E-state index contributed by atoms with van der Waals surface area (Å²) in [5, 5.41) is 3.56. The minimum atomic E-state index is 0.620. The molecule has 0 aliphatic carbocycles. The van der Waals surface area contributed by atoms with E-state index in [0.29, 0.717) is 6.04 Å². The molecule has 1 fully saturated rings. The molecule has 0 amide bonds. The Balaban J connectivity index is 2.14. The molecule has 1 aromatic rings. The summed E-state index contributed by atoms with van der Waals surface area (Å²) in [6, 6.07) is 6.78. The Kier molecular flexibility index (Phi) is 3.79. The molecular formula is C10H11Br2NS. The normalized spacial score (nSPS) is 21.1. The Bertz CT molecular complexity index is 304. The second-order valence-electron chi connectivity index (χ2n) is 3.30. The smallest absolute Gasteiger partial charge is 0.0631 e. The van der Waals surface area contributed by atoms with E-state index in [1.807, 2.05) is 17.8 Å². The number of hydrogen-bond donors (Lipinski definition) is 1. The first-order chi connectivity index (χ1) is 6.77. The van der Waals surface area contributed by atoms with Crippen molar-refractivity contribution in [3.05, 3.63) is 27.1 Å². The molecule has 1 nitrogen and oxygen atoms in total. The molecule has 1 aromatic carbocycles. The van der Waals surface area contributed by atoms with Gasteiger partial charge in [-0.3, -0.25) is 0 Å². The summed E-state index contributed by atoms with van der Waals surface area (Å²) in [7, 11) is 0. The molecule has 1 saturated heterocycles. The Morgan fingerprint density at radius 1 is 1.29 bits per heavy atom. The molecule has 14 heavy (non-hydrogen) atoms. The second kappa shape index (κ2) is 4.90. The zero-order chi connectivity index (χ0) is 9.97. The number of benzene rings is 1. The van der Waals surface area contributed by atoms with Crippen molar-refractivity contribution in [1.82, 2.24) is 0 Å². The third-order valence-electron chi connectivity index (χ3n) is 2.24. The zero-order valence-corrected chi connectivity index (χ0v) is 11.6. The van der Waals surface area contributed by atoms with Gasteiger partial charge in [0.25, 0.3) is 0 Å². The zero-order valence-electron chi connectivity index (χ0n) is 7.59. The number of halogens is 2. The molecular weight excluding hydrogens is 326 g/mol. The highest BCUT2D eigenvalue weighted by Gasteiger charge is 2.16. The molecule has 0 aromatic heterocycles. The maximum atomic E-state index is 3.56. The van der Waals surface area contributed by atoms with E-state index >= 15 is 0 Å². The van der Waals surface area contributed by atoms with Gasteiger partial charge in [0.15, 0.2) is 0 Å². The molecule has 1 aliphatic heterocycles. The van der Waals surface area contributed by atoms with Crippen molar-refractivity contribution in [3.8, 4) is 0 Å². The SMILES string of the molecule is Brc1cccc(Br)c1NC1CCSC1. The molecule has 1 aliphatic rings. The van der Waals surface area contributed by atoms with E-state index in [-0.39, 0.29) is 0 Å². The maximum absolute atomic E-state index is 3.56. The Labute approximate surface area is 105 Å². The van der Waals surface area contributed by atoms with Crippen LogP contribution in [-0.4, -0.2) is 17.5 Å². The average molecular weight is 337 g/mol. The van der Waals surface area contributed by atoms with Crippen LogP contribution in [0.3, 0.4) is 0 Å². The highest BCUT2D eigenvalue weighted by Crippen LogP contribution is 2.32. The van der Waals surface area contributed by atoms with Crippen molar-refractivity contribution >= 4 is 49.3 Å². The minimum Gasteiger partial charge on any atom is -0.380 e. The fourth-order valence-corrected chi connectivity index (χ4v) is 3.87. The van der Waals surface area contributed by atoms with Gasteiger partial charge in [0.05, 0.1) is 5.69 Å². The Morgan fingerprint density at radius 2 is 2.00 bits per heavy atom. The van der Waals surface area contributed by atoms with E-state index in [4.69, 9.17) is 0 Å². The fourth-order valence-electron chi connectivity index (χ4n) is 1.49. The van der Waals surface area contributed by atoms with Crippen molar-refractivity contribution in [1.29, 1.82) is 0 Å². The molecule has 1 atom stereocenters. The summed E-state index contributed by atoms with van der Waals surface area (Å²) in [5.74, 6) is 2.49. The summed E-state index contributed by atoms with van der Waals surface area (Å²) in [5.41, 5.74) is 1.18. The number of hydrogen-bond acceptors (Lipinski definition) is 2. The lowest BCUT2D eigenvalue weighted by Gasteiger charge is -2.15. The van der Waals surface area contributed by atoms with Crippen LogP contribution < -0.4 is 5.32 Å². The van der Waals surface area contributed by atoms with Gasteiger partial charge in [0, 0.05) is 20.7 Å². The summed E-state index contributed by atoms with van der Waals surface area (Å²) < 4.78 is 2.26. The standard InChI is InChI=1S/C10H11Br2NS/c11-8-2-1-3-9(12)10(8)13-7-4-5-14-6-7/h1-3,7,13H,4-6H2. The van der Waals surface area contributed by atoms with Gasteiger partial charge in [-0.1, -0.05) is 6.07 Å². The van der Waals surface area contributed by atoms with E-state index in [2.05, 4.69) is 49.3 Å². The van der Waals surface area contributed by atoms with Crippen LogP contribution in [0.5, 0.6) is 0 Å². The molecule has 76 valence electrons. The van der Waals surface area contributed by atoms with Crippen LogP contribution in [0.15, 0.2) is 27.1 Å². The summed E-state index contributed by atoms with van der Waals surface area (Å²) in [6.07, 6.45) is 1.26. The first kappa shape index (κ1) is 10.8. The third-order valence-corrected chi connectivity index (χ3v) is 4.73. The maximum Gasteiger partial charge on any atom is 0.0631 e. The lowest BCUT2D eigenvalue weighted by molar-refractivity contribution is 0.811. The van der Waals surface area contributed by atoms with Gasteiger partial charge < -0.3 is 5.32 Å². The monoisotopic (exact) mass is 335 g/mol. The molecule has 0 spiro atoms. The highest BCUT2D eigenvalue weighted by molar-refractivity contribution is 9.11. The van der Waals surface area contributed by atoms with Crippen LogP contribution in [0, 0.1) is 0 Å². The second-order valence-corrected chi connectivity index (χ2v) is 6.16. The van der Waals surface area contributed by atoms with Crippen LogP contribution in [-0.2, 0) is 0 Å². The third kappa shape index (κ3) is 2.47. The van der Waals surface area contributed by atoms with Crippen molar-refractivity contribution in [2.24, 2.45) is 0 Å². The number of rotatable bonds is 2. The van der Waals surface area contributed by atoms with Gasteiger partial charge in [0.2, 0.25) is 0 Å². The first-order valence-corrected chi connectivity index (χ1v) is 7.30. The molecule has 2 rings (SSSR count). The van der Waals surface area contributed by atoms with Crippen LogP contribution >= 0.6 is 43.6 Å². The van der Waals surface area contributed by atoms with Gasteiger partial charge >= 0.3 is 0 Å². The molecule has 0 radical (unpaired) electrons. The summed E-state index contributed by atoms with van der Waals surface area (Å²) in [4.78, 5) is 0. The number of para-hydroxylation sites is 1. The molecule has 1 unspecified atom stereocenters. The summed E-state index contributed by atoms with van der Waals surface area (Å²) >= 11 is 9.13. The van der Waals surface area contributed by atoms with E-state index in [0.717, 1.165) is 8.95 Å². The van der Waals surface area contributed by atoms with E-state index in [1.165, 1.54) is 23.6 Å². The van der Waals surface area contributed by atoms with Gasteiger partial charge in [-0.15, -0.1) is 0 Å². The van der Waals surface area contributed by atoms with Crippen LogP contribution in [0.2, 0.25) is 0 Å². The van der Waals surface area contributed by atoms with Gasteiger partial charge in [-0.2, -0.15) is 11.8 Å². The topological polar surface area (TPSA) is 12.0 Å². The van der Waals surface area contributed by atoms with Gasteiger partial charge in [-0.05, 0) is 56.2 Å². The van der Waals surface area contributed by atoms with Crippen LogP contribution in [0.4, 0.5) is 5.69 Å². The van der Waals surface area contributed by atoms with Gasteiger partial charge in [0.1, 0.15) is 0 Å². The number of thioether (sulfide) groups is 1. The lowest BCUT2D eigenvalue weighted by atomic mass is 10.2. The Morgan fingerprint density at radius 3 is 2.57 bits per heavy atom. The largest absolute Gasteiger partial charge is 0.380 e. The Hall–Kier alpha value is 0.330. The fraction of sp³-hybridized carbons (Fsp3) is 0.400. The van der Waals surface area contributed by atoms with E-state index < -0.39 is 0 Å². The van der Waals surface area contributed by atoms with Crippen molar-refractivity contribution < 1.29 is 0 Å². The van der Waals surface area contributed by atoms with E-state index in [9.17, 15) is 0 Å². The van der Waals surface area contributed by atoms with Crippen molar-refractivity contribution in [2.45, 2.75) is 12.5 Å². The molecule has 4 heteroatoms. The summed E-state index contributed by atoms with van der Waals surface area (Å²) in [6.45, 7) is 0. The number of nitrogens with one attached hydrogen (secondary N) is 1. The van der Waals surface area contributed by atoms with Gasteiger partial charge in [-0.25, -0.2) is 0 Å². The van der Waals surface area contributed by atoms with Crippen LogP contribution in [0.1, 0.15) is 6.42 Å². The van der Waals surface area contributed by atoms with Crippen molar-refractivity contribution in [3.63, 3.8) is 0 Å². The van der Waals surface area contributed by atoms with Crippen LogP contribution in [0.25, 0.3) is 0 Å². The minimum absolute atomic E-state index is 0.620. The molecule has 0 bridgehead atoms. The molecule has 1 N–H and O–H groups in total. The highest BCUT2D eigenvalue weighted by atomic mass is 79.9.